The van der Waals surface area contributed by atoms with E-state index in [0.717, 1.165) is 18.5 Å². The number of nitrogens with zero attached hydrogens (tertiary/aromatic N) is 1. The highest BCUT2D eigenvalue weighted by Gasteiger charge is 2.34. The summed E-state index contributed by atoms with van der Waals surface area (Å²) in [5.74, 6) is 0.673. The third kappa shape index (κ3) is 3.59. The maximum Gasteiger partial charge on any atom is 0.150 e. The molecular formula is C15H20N2O2S. The van der Waals surface area contributed by atoms with Gasteiger partial charge in [-0.2, -0.15) is 5.26 Å². The van der Waals surface area contributed by atoms with Crippen LogP contribution in [0.15, 0.2) is 24.3 Å². The van der Waals surface area contributed by atoms with Crippen LogP contribution in [0.2, 0.25) is 0 Å². The highest BCUT2D eigenvalue weighted by molar-refractivity contribution is 7.91. The molecular weight excluding hydrogens is 272 g/mol. The Hall–Kier alpha value is -1.38. The van der Waals surface area contributed by atoms with E-state index in [-0.39, 0.29) is 23.5 Å². The number of hydrogen-bond donors (Lipinski definition) is 1. The zero-order valence-corrected chi connectivity index (χ0v) is 12.5. The van der Waals surface area contributed by atoms with Crippen LogP contribution in [-0.4, -0.2) is 26.5 Å². The average Bonchev–Trinajstić information content (AvgIpc) is 2.80. The van der Waals surface area contributed by atoms with E-state index >= 15 is 0 Å². The Balaban J connectivity index is 2.20. The van der Waals surface area contributed by atoms with Gasteiger partial charge in [-0.25, -0.2) is 8.42 Å². The van der Waals surface area contributed by atoms with Crippen molar-refractivity contribution in [2.75, 3.05) is 18.1 Å². The Labute approximate surface area is 120 Å². The standard InChI is InChI=1S/C15H20N2O2S/c1-2-8-17-15(14-7-9-20(18,19)11-14)13-5-3-12(10-16)4-6-13/h3-6,14-15,17H,2,7-9,11H2,1H3. The van der Waals surface area contributed by atoms with Gasteiger partial charge < -0.3 is 5.32 Å². The van der Waals surface area contributed by atoms with Crippen LogP contribution in [0, 0.1) is 17.2 Å². The van der Waals surface area contributed by atoms with Gasteiger partial charge in [0.1, 0.15) is 0 Å². The molecule has 0 radical (unpaired) electrons. The van der Waals surface area contributed by atoms with Crippen LogP contribution in [0.4, 0.5) is 0 Å². The first-order valence-electron chi connectivity index (χ1n) is 6.99. The first kappa shape index (κ1) is 15.0. The average molecular weight is 292 g/mol. The molecule has 1 fully saturated rings. The fraction of sp³-hybridized carbons (Fsp3) is 0.533. The molecule has 0 aromatic heterocycles. The van der Waals surface area contributed by atoms with Crippen LogP contribution in [0.3, 0.4) is 0 Å². The Morgan fingerprint density at radius 2 is 2.10 bits per heavy atom. The van der Waals surface area contributed by atoms with Crippen LogP contribution >= 0.6 is 0 Å². The molecule has 108 valence electrons. The molecule has 0 spiro atoms. The largest absolute Gasteiger partial charge is 0.310 e. The molecule has 0 amide bonds. The summed E-state index contributed by atoms with van der Waals surface area (Å²) in [6.07, 6.45) is 1.72. The Kier molecular flexibility index (Phi) is 4.79. The summed E-state index contributed by atoms with van der Waals surface area (Å²) in [5, 5.41) is 12.3. The summed E-state index contributed by atoms with van der Waals surface area (Å²) in [4.78, 5) is 0. The molecule has 1 aliphatic heterocycles. The van der Waals surface area contributed by atoms with E-state index in [1.807, 2.05) is 12.1 Å². The number of hydrogen-bond acceptors (Lipinski definition) is 4. The zero-order valence-electron chi connectivity index (χ0n) is 11.7. The topological polar surface area (TPSA) is 70.0 Å². The van der Waals surface area contributed by atoms with Crippen molar-refractivity contribution >= 4 is 9.84 Å². The molecule has 20 heavy (non-hydrogen) atoms. The normalized spacial score (nSPS) is 22.3. The minimum Gasteiger partial charge on any atom is -0.310 e. The lowest BCUT2D eigenvalue weighted by Crippen LogP contribution is -2.29. The fourth-order valence-electron chi connectivity index (χ4n) is 2.71. The molecule has 1 N–H and O–H groups in total. The summed E-state index contributed by atoms with van der Waals surface area (Å²) in [5.41, 5.74) is 1.70. The lowest BCUT2D eigenvalue weighted by atomic mass is 9.92. The fourth-order valence-corrected chi connectivity index (χ4v) is 4.55. The maximum absolute atomic E-state index is 11.7. The first-order chi connectivity index (χ1) is 9.55. The van der Waals surface area contributed by atoms with Crippen molar-refractivity contribution in [3.05, 3.63) is 35.4 Å². The van der Waals surface area contributed by atoms with E-state index in [2.05, 4.69) is 18.3 Å². The van der Waals surface area contributed by atoms with E-state index in [0.29, 0.717) is 12.0 Å². The summed E-state index contributed by atoms with van der Waals surface area (Å²) < 4.78 is 23.4. The molecule has 2 unspecified atom stereocenters. The summed E-state index contributed by atoms with van der Waals surface area (Å²) in [7, 11) is -2.88. The van der Waals surface area contributed by atoms with Crippen molar-refractivity contribution in [3.63, 3.8) is 0 Å². The third-order valence-electron chi connectivity index (χ3n) is 3.75. The van der Waals surface area contributed by atoms with Gasteiger partial charge in [0.15, 0.2) is 9.84 Å². The van der Waals surface area contributed by atoms with E-state index in [9.17, 15) is 8.42 Å². The van der Waals surface area contributed by atoms with Gasteiger partial charge in [-0.05, 0) is 43.0 Å². The molecule has 4 nitrogen and oxygen atoms in total. The number of benzene rings is 1. The second-order valence-corrected chi connectivity index (χ2v) is 7.56. The second kappa shape index (κ2) is 6.38. The number of nitriles is 1. The molecule has 0 saturated carbocycles. The van der Waals surface area contributed by atoms with Crippen LogP contribution < -0.4 is 5.32 Å². The smallest absolute Gasteiger partial charge is 0.150 e. The minimum absolute atomic E-state index is 0.0555. The Morgan fingerprint density at radius 1 is 1.40 bits per heavy atom. The first-order valence-corrected chi connectivity index (χ1v) is 8.81. The van der Waals surface area contributed by atoms with E-state index < -0.39 is 9.84 Å². The minimum atomic E-state index is -2.88. The lowest BCUT2D eigenvalue weighted by molar-refractivity contribution is 0.393. The van der Waals surface area contributed by atoms with E-state index in [1.54, 1.807) is 12.1 Å². The molecule has 1 aromatic rings. The van der Waals surface area contributed by atoms with Crippen LogP contribution in [-0.2, 0) is 9.84 Å². The van der Waals surface area contributed by atoms with Crippen molar-refractivity contribution < 1.29 is 8.42 Å². The Bertz CT molecular complexity index is 587. The third-order valence-corrected chi connectivity index (χ3v) is 5.55. The maximum atomic E-state index is 11.7. The van der Waals surface area contributed by atoms with Crippen molar-refractivity contribution in [1.29, 1.82) is 5.26 Å². The molecule has 2 atom stereocenters. The van der Waals surface area contributed by atoms with E-state index in [4.69, 9.17) is 5.26 Å². The molecule has 0 bridgehead atoms. The van der Waals surface area contributed by atoms with E-state index in [1.165, 1.54) is 0 Å². The van der Waals surface area contributed by atoms with Gasteiger partial charge in [0.05, 0.1) is 23.1 Å². The van der Waals surface area contributed by atoms with Crippen molar-refractivity contribution in [3.8, 4) is 6.07 Å². The quantitative estimate of drug-likeness (QED) is 0.901. The molecule has 5 heteroatoms. The van der Waals surface area contributed by atoms with Gasteiger partial charge in [0.2, 0.25) is 0 Å². The highest BCUT2D eigenvalue weighted by atomic mass is 32.2. The summed E-state index contributed by atoms with van der Waals surface area (Å²) in [6.45, 7) is 2.95. The number of rotatable bonds is 5. The van der Waals surface area contributed by atoms with Crippen LogP contribution in [0.5, 0.6) is 0 Å². The van der Waals surface area contributed by atoms with Gasteiger partial charge >= 0.3 is 0 Å². The molecule has 0 aliphatic carbocycles. The van der Waals surface area contributed by atoms with Crippen molar-refractivity contribution in [1.82, 2.24) is 5.32 Å². The second-order valence-electron chi connectivity index (χ2n) is 5.33. The van der Waals surface area contributed by atoms with Crippen molar-refractivity contribution in [2.24, 2.45) is 5.92 Å². The summed E-state index contributed by atoms with van der Waals surface area (Å²) >= 11 is 0. The van der Waals surface area contributed by atoms with Gasteiger partial charge in [0, 0.05) is 6.04 Å². The molecule has 2 rings (SSSR count). The predicted octanol–water partition coefficient (Wildman–Crippen LogP) is 2.03. The highest BCUT2D eigenvalue weighted by Crippen LogP contribution is 2.31. The number of sulfone groups is 1. The van der Waals surface area contributed by atoms with Gasteiger partial charge in [-0.3, -0.25) is 0 Å². The predicted molar refractivity (Wildman–Crippen MR) is 79.0 cm³/mol. The zero-order chi connectivity index (χ0) is 14.6. The molecule has 1 aliphatic rings. The Morgan fingerprint density at radius 3 is 2.60 bits per heavy atom. The van der Waals surface area contributed by atoms with Gasteiger partial charge in [-0.1, -0.05) is 19.1 Å². The molecule has 1 aromatic carbocycles. The SMILES string of the molecule is CCCNC(c1ccc(C#N)cc1)C1CCS(=O)(=O)C1. The molecule has 1 heterocycles. The lowest BCUT2D eigenvalue weighted by Gasteiger charge is -2.24. The van der Waals surface area contributed by atoms with Gasteiger partial charge in [-0.15, -0.1) is 0 Å². The monoisotopic (exact) mass is 292 g/mol. The van der Waals surface area contributed by atoms with Gasteiger partial charge in [0.25, 0.3) is 0 Å². The van der Waals surface area contributed by atoms with Crippen LogP contribution in [0.25, 0.3) is 0 Å². The summed E-state index contributed by atoms with van der Waals surface area (Å²) in [6, 6.07) is 9.60. The van der Waals surface area contributed by atoms with Crippen molar-refractivity contribution in [2.45, 2.75) is 25.8 Å². The number of nitrogens with one attached hydrogen (secondary N) is 1. The van der Waals surface area contributed by atoms with Crippen LogP contribution in [0.1, 0.15) is 36.9 Å². The molecule has 1 saturated heterocycles.